The Morgan fingerprint density at radius 2 is 1.73 bits per heavy atom. The molecule has 0 unspecified atom stereocenters. The van der Waals surface area contributed by atoms with Crippen LogP contribution in [0.1, 0.15) is 103 Å². The number of hydrogen-bond acceptors (Lipinski definition) is 7. The zero-order chi connectivity index (χ0) is 37.3. The van der Waals surface area contributed by atoms with E-state index in [-0.39, 0.29) is 48.2 Å². The van der Waals surface area contributed by atoms with Crippen LogP contribution in [0.5, 0.6) is 0 Å². The number of carbonyl (C=O) groups is 5. The quantitative estimate of drug-likeness (QED) is 0.159. The second kappa shape index (κ2) is 14.9. The standard InChI is InChI=1S/C40H45N5O6S/c1-6-22(2)34(46)43-33(40(3,4)5)37(49)45-21-27-18-25(35(47)44-39-42-30-19-26(38(50)51)16-17-32(30)52-39)15-14-24(27)20-31(45)36(48)41-29-13-9-11-23-10-7-8-12-28(23)29/h7-8,10,12,14-19,22,29,31,33H,6,9,11,13,20-21H2,1-5H3,(H,41,48)(H,43,46)(H,50,51)(H,42,44,47)/t22-,29-,31+,33-/m1/s1. The molecule has 1 aromatic heterocycles. The fourth-order valence-corrected chi connectivity index (χ4v) is 7.77. The monoisotopic (exact) mass is 723 g/mol. The zero-order valence-electron chi connectivity index (χ0n) is 30.1. The topological polar surface area (TPSA) is 158 Å². The summed E-state index contributed by atoms with van der Waals surface area (Å²) in [6.45, 7) is 9.49. The van der Waals surface area contributed by atoms with E-state index < -0.39 is 29.4 Å². The van der Waals surface area contributed by atoms with Crippen LogP contribution in [-0.4, -0.2) is 56.7 Å². The molecule has 2 heterocycles. The number of benzene rings is 3. The molecule has 11 nitrogen and oxygen atoms in total. The molecule has 0 radical (unpaired) electrons. The van der Waals surface area contributed by atoms with Crippen LogP contribution >= 0.6 is 11.3 Å². The number of fused-ring (bicyclic) bond motifs is 3. The van der Waals surface area contributed by atoms with Crippen molar-refractivity contribution in [2.24, 2.45) is 11.3 Å². The summed E-state index contributed by atoms with van der Waals surface area (Å²) >= 11 is 1.23. The van der Waals surface area contributed by atoms with Crippen LogP contribution < -0.4 is 16.0 Å². The summed E-state index contributed by atoms with van der Waals surface area (Å²) in [5.41, 5.74) is 4.14. The Balaban J connectivity index is 1.29. The number of hydrogen-bond donors (Lipinski definition) is 4. The Morgan fingerprint density at radius 1 is 0.981 bits per heavy atom. The zero-order valence-corrected chi connectivity index (χ0v) is 30.9. The van der Waals surface area contributed by atoms with Gasteiger partial charge in [-0.15, -0.1) is 0 Å². The van der Waals surface area contributed by atoms with Crippen molar-refractivity contribution in [1.82, 2.24) is 20.5 Å². The van der Waals surface area contributed by atoms with Crippen LogP contribution in [-0.2, 0) is 33.8 Å². The lowest BCUT2D eigenvalue weighted by molar-refractivity contribution is -0.147. The highest BCUT2D eigenvalue weighted by Crippen LogP contribution is 2.33. The minimum absolute atomic E-state index is 0.0690. The second-order valence-electron chi connectivity index (χ2n) is 14.9. The number of anilines is 1. The third kappa shape index (κ3) is 7.72. The molecule has 0 bridgehead atoms. The molecule has 1 aliphatic heterocycles. The summed E-state index contributed by atoms with van der Waals surface area (Å²) in [6.07, 6.45) is 3.55. The SMILES string of the molecule is CC[C@@H](C)C(=O)N[C@H](C(=O)N1Cc2cc(C(=O)Nc3nc4cc(C(=O)O)ccc4s3)ccc2C[C@H]1C(=O)N[C@@H]1CCCc2ccccc21)C(C)(C)C. The average Bonchev–Trinajstić information content (AvgIpc) is 3.53. The molecule has 1 aliphatic carbocycles. The molecule has 4 atom stereocenters. The lowest BCUT2D eigenvalue weighted by Crippen LogP contribution is -2.61. The van der Waals surface area contributed by atoms with Crippen LogP contribution in [0.3, 0.4) is 0 Å². The molecule has 0 saturated heterocycles. The molecule has 4 aromatic rings. The van der Waals surface area contributed by atoms with Crippen molar-refractivity contribution in [2.45, 2.75) is 91.4 Å². The largest absolute Gasteiger partial charge is 0.478 e. The van der Waals surface area contributed by atoms with Gasteiger partial charge in [-0.25, -0.2) is 9.78 Å². The van der Waals surface area contributed by atoms with Gasteiger partial charge in [-0.1, -0.05) is 76.3 Å². The average molecular weight is 724 g/mol. The number of carboxylic acid groups (broad SMARTS) is 1. The molecular formula is C40H45N5O6S. The van der Waals surface area contributed by atoms with Crippen molar-refractivity contribution < 1.29 is 29.1 Å². The van der Waals surface area contributed by atoms with Gasteiger partial charge in [0.15, 0.2) is 5.13 Å². The summed E-state index contributed by atoms with van der Waals surface area (Å²) < 4.78 is 0.731. The van der Waals surface area contributed by atoms with Gasteiger partial charge in [0.05, 0.1) is 21.8 Å². The number of nitrogens with one attached hydrogen (secondary N) is 3. The van der Waals surface area contributed by atoms with E-state index in [0.717, 1.165) is 40.7 Å². The lowest BCUT2D eigenvalue weighted by Gasteiger charge is -2.42. The number of nitrogens with zero attached hydrogens (tertiary/aromatic N) is 2. The van der Waals surface area contributed by atoms with Crippen molar-refractivity contribution in [3.63, 3.8) is 0 Å². The first-order valence-electron chi connectivity index (χ1n) is 17.8. The highest BCUT2D eigenvalue weighted by atomic mass is 32.1. The van der Waals surface area contributed by atoms with Crippen LogP contribution in [0.15, 0.2) is 60.7 Å². The summed E-state index contributed by atoms with van der Waals surface area (Å²) in [5, 5.41) is 18.7. The summed E-state index contributed by atoms with van der Waals surface area (Å²) in [7, 11) is 0. The van der Waals surface area contributed by atoms with Gasteiger partial charge in [-0.3, -0.25) is 24.5 Å². The molecule has 3 aromatic carbocycles. The number of aromatic carboxylic acids is 1. The van der Waals surface area contributed by atoms with Crippen molar-refractivity contribution >= 4 is 56.3 Å². The highest BCUT2D eigenvalue weighted by Gasteiger charge is 2.43. The van der Waals surface area contributed by atoms with E-state index in [1.807, 2.05) is 58.9 Å². The van der Waals surface area contributed by atoms with Crippen LogP contribution in [0.4, 0.5) is 5.13 Å². The third-order valence-electron chi connectivity index (χ3n) is 10.2. The van der Waals surface area contributed by atoms with Crippen molar-refractivity contribution in [3.05, 3.63) is 94.0 Å². The minimum atomic E-state index is -1.06. The number of aromatic nitrogens is 1. The number of amides is 4. The molecule has 272 valence electrons. The van der Waals surface area contributed by atoms with Crippen LogP contribution in [0, 0.1) is 11.3 Å². The maximum atomic E-state index is 14.6. The van der Waals surface area contributed by atoms with E-state index in [0.29, 0.717) is 22.6 Å². The first-order valence-corrected chi connectivity index (χ1v) is 18.6. The van der Waals surface area contributed by atoms with Gasteiger partial charge in [0.25, 0.3) is 5.91 Å². The summed E-state index contributed by atoms with van der Waals surface area (Å²) in [6, 6.07) is 16.1. The van der Waals surface area contributed by atoms with E-state index in [2.05, 4.69) is 27.0 Å². The van der Waals surface area contributed by atoms with Gasteiger partial charge in [0.1, 0.15) is 12.1 Å². The predicted octanol–water partition coefficient (Wildman–Crippen LogP) is 6.27. The Morgan fingerprint density at radius 3 is 2.46 bits per heavy atom. The molecular weight excluding hydrogens is 679 g/mol. The molecule has 2 aliphatic rings. The highest BCUT2D eigenvalue weighted by molar-refractivity contribution is 7.22. The van der Waals surface area contributed by atoms with E-state index in [1.54, 1.807) is 23.1 Å². The molecule has 0 saturated carbocycles. The van der Waals surface area contributed by atoms with Crippen molar-refractivity contribution in [1.29, 1.82) is 0 Å². The van der Waals surface area contributed by atoms with Gasteiger partial charge < -0.3 is 20.6 Å². The van der Waals surface area contributed by atoms with Crippen molar-refractivity contribution in [2.75, 3.05) is 5.32 Å². The summed E-state index contributed by atoms with van der Waals surface area (Å²) in [5.74, 6) is -2.61. The molecule has 52 heavy (non-hydrogen) atoms. The predicted molar refractivity (Wildman–Crippen MR) is 200 cm³/mol. The number of aryl methyl sites for hydroxylation is 1. The van der Waals surface area contributed by atoms with E-state index in [9.17, 15) is 29.1 Å². The fraction of sp³-hybridized carbons (Fsp3) is 0.400. The fourth-order valence-electron chi connectivity index (χ4n) is 6.93. The maximum absolute atomic E-state index is 14.6. The van der Waals surface area contributed by atoms with Gasteiger partial charge in [0.2, 0.25) is 17.7 Å². The molecule has 0 spiro atoms. The first-order chi connectivity index (χ1) is 24.7. The lowest BCUT2D eigenvalue weighted by atomic mass is 9.83. The van der Waals surface area contributed by atoms with Gasteiger partial charge in [-0.2, -0.15) is 0 Å². The van der Waals surface area contributed by atoms with Gasteiger partial charge in [0, 0.05) is 24.4 Å². The molecule has 12 heteroatoms. The Hall–Kier alpha value is -5.10. The Labute approximate surface area is 307 Å². The van der Waals surface area contributed by atoms with Crippen molar-refractivity contribution in [3.8, 4) is 0 Å². The molecule has 4 N–H and O–H groups in total. The van der Waals surface area contributed by atoms with Gasteiger partial charge in [-0.05, 0) is 83.7 Å². The van der Waals surface area contributed by atoms with Crippen LogP contribution in [0.25, 0.3) is 10.2 Å². The number of carboxylic acids is 1. The second-order valence-corrected chi connectivity index (χ2v) is 15.9. The van der Waals surface area contributed by atoms with E-state index in [4.69, 9.17) is 0 Å². The van der Waals surface area contributed by atoms with Crippen LogP contribution in [0.2, 0.25) is 0 Å². The number of carbonyl (C=O) groups excluding carboxylic acids is 4. The smallest absolute Gasteiger partial charge is 0.335 e. The minimum Gasteiger partial charge on any atom is -0.478 e. The molecule has 0 fully saturated rings. The molecule has 4 amide bonds. The van der Waals surface area contributed by atoms with Gasteiger partial charge >= 0.3 is 5.97 Å². The Kier molecular flexibility index (Phi) is 10.5. The molecule has 6 rings (SSSR count). The Bertz CT molecular complexity index is 2050. The van der Waals surface area contributed by atoms with E-state index in [1.165, 1.54) is 29.0 Å². The maximum Gasteiger partial charge on any atom is 0.335 e. The first kappa shape index (κ1) is 36.7. The normalized spacial score (nSPS) is 18.1. The van der Waals surface area contributed by atoms with E-state index >= 15 is 0 Å². The summed E-state index contributed by atoms with van der Waals surface area (Å²) in [4.78, 5) is 72.9. The third-order valence-corrected chi connectivity index (χ3v) is 11.1. The number of thiazole rings is 1. The number of rotatable bonds is 9.